The van der Waals surface area contributed by atoms with Gasteiger partial charge in [-0.25, -0.2) is 0 Å². The summed E-state index contributed by atoms with van der Waals surface area (Å²) in [7, 11) is 0. The third-order valence-electron chi connectivity index (χ3n) is 3.16. The van der Waals surface area contributed by atoms with Crippen molar-refractivity contribution in [1.29, 1.82) is 0 Å². The van der Waals surface area contributed by atoms with Gasteiger partial charge in [-0.05, 0) is 31.9 Å². The highest BCUT2D eigenvalue weighted by Crippen LogP contribution is 2.28. The number of amidine groups is 1. The summed E-state index contributed by atoms with van der Waals surface area (Å²) in [5.74, 6) is 0.290. The van der Waals surface area contributed by atoms with Crippen molar-refractivity contribution in [2.75, 3.05) is 6.54 Å². The molecule has 1 aliphatic rings. The largest absolute Gasteiger partial charge is 0.409 e. The Bertz CT molecular complexity index is 429. The lowest BCUT2D eigenvalue weighted by Crippen LogP contribution is -2.30. The number of hydrogen-bond acceptors (Lipinski definition) is 4. The summed E-state index contributed by atoms with van der Waals surface area (Å²) < 4.78 is 0. The van der Waals surface area contributed by atoms with Crippen molar-refractivity contribution in [3.05, 3.63) is 29.6 Å². The van der Waals surface area contributed by atoms with Crippen LogP contribution in [0.1, 0.15) is 30.7 Å². The molecule has 0 radical (unpaired) electrons. The molecule has 0 aromatic carbocycles. The minimum Gasteiger partial charge on any atom is -0.409 e. The zero-order valence-electron chi connectivity index (χ0n) is 10.7. The summed E-state index contributed by atoms with van der Waals surface area (Å²) in [5, 5.41) is 11.6. The summed E-state index contributed by atoms with van der Waals surface area (Å²) in [4.78, 5) is 6.88. The Morgan fingerprint density at radius 2 is 2.33 bits per heavy atom. The number of rotatable bonds is 6. The van der Waals surface area contributed by atoms with Gasteiger partial charge in [0, 0.05) is 31.2 Å². The first-order chi connectivity index (χ1) is 8.69. The second kappa shape index (κ2) is 5.82. The Hall–Kier alpha value is -1.62. The molecule has 5 nitrogen and oxygen atoms in total. The molecular weight excluding hydrogens is 228 g/mol. The normalized spacial score (nSPS) is 16.2. The van der Waals surface area contributed by atoms with Crippen molar-refractivity contribution in [1.82, 2.24) is 9.88 Å². The molecule has 1 fully saturated rings. The Kier molecular flexibility index (Phi) is 4.15. The Morgan fingerprint density at radius 1 is 1.56 bits per heavy atom. The molecule has 98 valence electrons. The topological polar surface area (TPSA) is 74.7 Å². The number of nitrogens with two attached hydrogens (primary N) is 1. The van der Waals surface area contributed by atoms with Gasteiger partial charge in [-0.2, -0.15) is 0 Å². The van der Waals surface area contributed by atoms with E-state index in [0.717, 1.165) is 24.5 Å². The van der Waals surface area contributed by atoms with Gasteiger partial charge >= 0.3 is 0 Å². The second-order valence-corrected chi connectivity index (χ2v) is 4.81. The standard InChI is InChI=1S/C13H20N4O/c1-10-3-2-4-11(15-10)9-17(12-5-6-12)8-7-13(14)16-18/h2-4,12,18H,5-9H2,1H3,(H2,14,16). The molecular formula is C13H20N4O. The molecule has 1 heterocycles. The van der Waals surface area contributed by atoms with Crippen molar-refractivity contribution < 1.29 is 5.21 Å². The zero-order chi connectivity index (χ0) is 13.0. The van der Waals surface area contributed by atoms with E-state index in [4.69, 9.17) is 10.9 Å². The Morgan fingerprint density at radius 3 is 2.94 bits per heavy atom. The van der Waals surface area contributed by atoms with Gasteiger partial charge in [-0.1, -0.05) is 11.2 Å². The van der Waals surface area contributed by atoms with Crippen LogP contribution >= 0.6 is 0 Å². The fraction of sp³-hybridized carbons (Fsp3) is 0.538. The molecule has 2 rings (SSSR count). The number of hydrogen-bond donors (Lipinski definition) is 2. The van der Waals surface area contributed by atoms with E-state index in [2.05, 4.69) is 15.0 Å². The highest BCUT2D eigenvalue weighted by molar-refractivity contribution is 5.79. The smallest absolute Gasteiger partial charge is 0.140 e. The van der Waals surface area contributed by atoms with Crippen molar-refractivity contribution in [2.24, 2.45) is 10.9 Å². The first-order valence-electron chi connectivity index (χ1n) is 6.32. The van der Waals surface area contributed by atoms with Crippen LogP contribution < -0.4 is 5.73 Å². The maximum atomic E-state index is 8.56. The minimum atomic E-state index is 0.290. The number of aromatic nitrogens is 1. The summed E-state index contributed by atoms with van der Waals surface area (Å²) in [6.45, 7) is 3.66. The van der Waals surface area contributed by atoms with Gasteiger partial charge in [0.05, 0.1) is 5.69 Å². The lowest BCUT2D eigenvalue weighted by Gasteiger charge is -2.21. The van der Waals surface area contributed by atoms with E-state index in [0.29, 0.717) is 12.5 Å². The van der Waals surface area contributed by atoms with Crippen molar-refractivity contribution >= 4 is 5.84 Å². The molecule has 3 N–H and O–H groups in total. The zero-order valence-corrected chi connectivity index (χ0v) is 10.7. The number of oxime groups is 1. The van der Waals surface area contributed by atoms with Gasteiger partial charge in [0.1, 0.15) is 5.84 Å². The lowest BCUT2D eigenvalue weighted by atomic mass is 10.2. The fourth-order valence-electron chi connectivity index (χ4n) is 2.03. The van der Waals surface area contributed by atoms with Crippen LogP contribution in [0.4, 0.5) is 0 Å². The van der Waals surface area contributed by atoms with Gasteiger partial charge in [0.25, 0.3) is 0 Å². The van der Waals surface area contributed by atoms with Crippen LogP contribution in [0, 0.1) is 6.92 Å². The first-order valence-corrected chi connectivity index (χ1v) is 6.32. The molecule has 0 aliphatic heterocycles. The van der Waals surface area contributed by atoms with Crippen LogP contribution in [-0.2, 0) is 6.54 Å². The van der Waals surface area contributed by atoms with E-state index < -0.39 is 0 Å². The van der Waals surface area contributed by atoms with Gasteiger partial charge in [0.2, 0.25) is 0 Å². The first kappa shape index (κ1) is 12.8. The van der Waals surface area contributed by atoms with Crippen molar-refractivity contribution in [2.45, 2.75) is 38.8 Å². The molecule has 0 spiro atoms. The SMILES string of the molecule is Cc1cccc(CN(CCC(N)=NO)C2CC2)n1. The number of pyridine rings is 1. The van der Waals surface area contributed by atoms with Gasteiger partial charge < -0.3 is 10.9 Å². The molecule has 1 saturated carbocycles. The van der Waals surface area contributed by atoms with E-state index >= 15 is 0 Å². The highest BCUT2D eigenvalue weighted by Gasteiger charge is 2.28. The van der Waals surface area contributed by atoms with Crippen LogP contribution in [0.25, 0.3) is 0 Å². The monoisotopic (exact) mass is 248 g/mol. The molecule has 0 bridgehead atoms. The van der Waals surface area contributed by atoms with E-state index in [9.17, 15) is 0 Å². The van der Waals surface area contributed by atoms with Crippen LogP contribution in [-0.4, -0.2) is 33.5 Å². The predicted molar refractivity (Wildman–Crippen MR) is 70.4 cm³/mol. The third-order valence-corrected chi connectivity index (χ3v) is 3.16. The summed E-state index contributed by atoms with van der Waals surface area (Å²) in [6, 6.07) is 6.72. The van der Waals surface area contributed by atoms with Gasteiger partial charge in [0.15, 0.2) is 0 Å². The molecule has 0 unspecified atom stereocenters. The van der Waals surface area contributed by atoms with Crippen molar-refractivity contribution in [3.63, 3.8) is 0 Å². The summed E-state index contributed by atoms with van der Waals surface area (Å²) in [5.41, 5.74) is 7.64. The molecule has 1 aliphatic carbocycles. The van der Waals surface area contributed by atoms with E-state index in [1.807, 2.05) is 25.1 Å². The third kappa shape index (κ3) is 3.70. The van der Waals surface area contributed by atoms with Gasteiger partial charge in [-0.3, -0.25) is 9.88 Å². The Labute approximate surface area is 107 Å². The number of nitrogens with zero attached hydrogens (tertiary/aromatic N) is 3. The molecule has 0 amide bonds. The lowest BCUT2D eigenvalue weighted by molar-refractivity contribution is 0.256. The molecule has 18 heavy (non-hydrogen) atoms. The average Bonchev–Trinajstić information content (AvgIpc) is 3.18. The van der Waals surface area contributed by atoms with Crippen LogP contribution in [0.5, 0.6) is 0 Å². The van der Waals surface area contributed by atoms with Gasteiger partial charge in [-0.15, -0.1) is 0 Å². The molecule has 1 aromatic heterocycles. The van der Waals surface area contributed by atoms with E-state index in [1.54, 1.807) is 0 Å². The Balaban J connectivity index is 1.94. The molecule has 0 atom stereocenters. The maximum absolute atomic E-state index is 8.56. The molecule has 1 aromatic rings. The fourth-order valence-corrected chi connectivity index (χ4v) is 2.03. The van der Waals surface area contributed by atoms with E-state index in [1.165, 1.54) is 12.8 Å². The second-order valence-electron chi connectivity index (χ2n) is 4.81. The average molecular weight is 248 g/mol. The van der Waals surface area contributed by atoms with Crippen LogP contribution in [0.3, 0.4) is 0 Å². The van der Waals surface area contributed by atoms with Crippen LogP contribution in [0.2, 0.25) is 0 Å². The summed E-state index contributed by atoms with van der Waals surface area (Å²) >= 11 is 0. The molecule has 5 heteroatoms. The summed E-state index contributed by atoms with van der Waals surface area (Å²) in [6.07, 6.45) is 3.07. The quantitative estimate of drug-likeness (QED) is 0.346. The van der Waals surface area contributed by atoms with Crippen molar-refractivity contribution in [3.8, 4) is 0 Å². The molecule has 0 saturated heterocycles. The number of aryl methyl sites for hydroxylation is 1. The van der Waals surface area contributed by atoms with E-state index in [-0.39, 0.29) is 5.84 Å². The minimum absolute atomic E-state index is 0.290. The van der Waals surface area contributed by atoms with Crippen LogP contribution in [0.15, 0.2) is 23.4 Å². The maximum Gasteiger partial charge on any atom is 0.140 e. The highest BCUT2D eigenvalue weighted by atomic mass is 16.4. The predicted octanol–water partition coefficient (Wildman–Crippen LogP) is 1.49.